The topological polar surface area (TPSA) is 43.1 Å². The van der Waals surface area contributed by atoms with Crippen LogP contribution in [0.2, 0.25) is 0 Å². The largest absolute Gasteiger partial charge is 0.396 e. The molecule has 1 aromatic carbocycles. The number of hydrogen-bond donors (Lipinski definition) is 1. The molecule has 2 saturated carbocycles. The molecule has 2 N–H and O–H groups in total. The van der Waals surface area contributed by atoms with Gasteiger partial charge in [0.15, 0.2) is 5.78 Å². The Morgan fingerprint density at radius 2 is 2.17 bits per heavy atom. The Bertz CT molecular complexity index is 485. The SMILES string of the molecule is Nc1ccc(C(=O)CC2CC3CCC2C3)cc1F. The quantitative estimate of drug-likeness (QED) is 0.657. The van der Waals surface area contributed by atoms with Crippen molar-refractivity contribution in [2.45, 2.75) is 32.1 Å². The van der Waals surface area contributed by atoms with Crippen molar-refractivity contribution >= 4 is 11.5 Å². The molecule has 96 valence electrons. The molecule has 18 heavy (non-hydrogen) atoms. The zero-order chi connectivity index (χ0) is 12.7. The van der Waals surface area contributed by atoms with Crippen molar-refractivity contribution < 1.29 is 9.18 Å². The maximum absolute atomic E-state index is 13.3. The van der Waals surface area contributed by atoms with Gasteiger partial charge < -0.3 is 5.73 Å². The summed E-state index contributed by atoms with van der Waals surface area (Å²) in [6.45, 7) is 0. The highest BCUT2D eigenvalue weighted by Gasteiger charge is 2.40. The second-order valence-electron chi connectivity index (χ2n) is 5.80. The fraction of sp³-hybridized carbons (Fsp3) is 0.533. The number of halogens is 1. The van der Waals surface area contributed by atoms with E-state index in [-0.39, 0.29) is 11.5 Å². The number of nitrogens with two attached hydrogens (primary N) is 1. The van der Waals surface area contributed by atoms with E-state index >= 15 is 0 Å². The molecule has 2 bridgehead atoms. The molecule has 3 heteroatoms. The van der Waals surface area contributed by atoms with Gasteiger partial charge in [-0.25, -0.2) is 4.39 Å². The van der Waals surface area contributed by atoms with Gasteiger partial charge in [0, 0.05) is 12.0 Å². The Kier molecular flexibility index (Phi) is 2.84. The summed E-state index contributed by atoms with van der Waals surface area (Å²) in [7, 11) is 0. The van der Waals surface area contributed by atoms with Gasteiger partial charge in [-0.15, -0.1) is 0 Å². The van der Waals surface area contributed by atoms with Crippen molar-refractivity contribution in [3.63, 3.8) is 0 Å². The van der Waals surface area contributed by atoms with Crippen LogP contribution in [0.1, 0.15) is 42.5 Å². The average Bonchev–Trinajstić information content (AvgIpc) is 2.94. The summed E-state index contributed by atoms with van der Waals surface area (Å²) in [4.78, 5) is 12.1. The van der Waals surface area contributed by atoms with Crippen LogP contribution in [0.5, 0.6) is 0 Å². The second-order valence-corrected chi connectivity index (χ2v) is 5.80. The van der Waals surface area contributed by atoms with E-state index in [4.69, 9.17) is 5.73 Å². The predicted octanol–water partition coefficient (Wildman–Crippen LogP) is 3.42. The predicted molar refractivity (Wildman–Crippen MR) is 68.7 cm³/mol. The van der Waals surface area contributed by atoms with Gasteiger partial charge in [0.05, 0.1) is 5.69 Å². The molecule has 0 aliphatic heterocycles. The lowest BCUT2D eigenvalue weighted by molar-refractivity contribution is 0.0944. The van der Waals surface area contributed by atoms with Gasteiger partial charge in [0.1, 0.15) is 5.82 Å². The summed E-state index contributed by atoms with van der Waals surface area (Å²) in [5, 5.41) is 0. The molecule has 0 spiro atoms. The third-order valence-electron chi connectivity index (χ3n) is 4.65. The maximum Gasteiger partial charge on any atom is 0.163 e. The van der Waals surface area contributed by atoms with E-state index in [0.717, 1.165) is 11.8 Å². The number of hydrogen-bond acceptors (Lipinski definition) is 2. The molecule has 0 aromatic heterocycles. The molecule has 0 radical (unpaired) electrons. The van der Waals surface area contributed by atoms with Gasteiger partial charge in [0.25, 0.3) is 0 Å². The number of anilines is 1. The van der Waals surface area contributed by atoms with Crippen molar-refractivity contribution in [3.05, 3.63) is 29.6 Å². The standard InChI is InChI=1S/C15H18FNO/c16-13-7-11(3-4-14(13)17)15(18)8-12-6-9-1-2-10(12)5-9/h3-4,7,9-10,12H,1-2,5-6,8,17H2. The Labute approximate surface area is 106 Å². The number of benzene rings is 1. The fourth-order valence-electron chi connectivity index (χ4n) is 3.68. The lowest BCUT2D eigenvalue weighted by Gasteiger charge is -2.20. The van der Waals surface area contributed by atoms with Crippen molar-refractivity contribution in [3.8, 4) is 0 Å². The third-order valence-corrected chi connectivity index (χ3v) is 4.65. The molecule has 3 atom stereocenters. The minimum atomic E-state index is -0.492. The highest BCUT2D eigenvalue weighted by molar-refractivity contribution is 5.96. The van der Waals surface area contributed by atoms with Gasteiger partial charge in [-0.2, -0.15) is 0 Å². The second kappa shape index (κ2) is 4.38. The van der Waals surface area contributed by atoms with E-state index in [1.807, 2.05) is 0 Å². The van der Waals surface area contributed by atoms with Gasteiger partial charge in [0.2, 0.25) is 0 Å². The monoisotopic (exact) mass is 247 g/mol. The summed E-state index contributed by atoms with van der Waals surface area (Å²) < 4.78 is 13.3. The molecule has 2 nitrogen and oxygen atoms in total. The van der Waals surface area contributed by atoms with Crippen LogP contribution >= 0.6 is 0 Å². The van der Waals surface area contributed by atoms with Crippen molar-refractivity contribution in [2.24, 2.45) is 17.8 Å². The molecular formula is C15H18FNO. The summed E-state index contributed by atoms with van der Waals surface area (Å²) in [5.74, 6) is 1.67. The number of nitrogen functional groups attached to an aromatic ring is 1. The van der Waals surface area contributed by atoms with E-state index in [1.165, 1.54) is 37.8 Å². The van der Waals surface area contributed by atoms with Crippen LogP contribution in [0.3, 0.4) is 0 Å². The Morgan fingerprint density at radius 3 is 2.78 bits per heavy atom. The smallest absolute Gasteiger partial charge is 0.163 e. The van der Waals surface area contributed by atoms with Crippen LogP contribution < -0.4 is 5.73 Å². The molecule has 0 amide bonds. The number of carbonyl (C=O) groups is 1. The van der Waals surface area contributed by atoms with E-state index in [9.17, 15) is 9.18 Å². The van der Waals surface area contributed by atoms with Crippen LogP contribution in [-0.4, -0.2) is 5.78 Å². The number of Topliss-reactive ketones (excluding diaryl/α,β-unsaturated/α-hetero) is 1. The van der Waals surface area contributed by atoms with Gasteiger partial charge in [-0.1, -0.05) is 6.42 Å². The summed E-state index contributed by atoms with van der Waals surface area (Å²) >= 11 is 0. The first-order valence-electron chi connectivity index (χ1n) is 6.71. The summed E-state index contributed by atoms with van der Waals surface area (Å²) in [5.41, 5.74) is 5.98. The molecule has 2 aliphatic carbocycles. The van der Waals surface area contributed by atoms with Crippen molar-refractivity contribution in [1.82, 2.24) is 0 Å². The maximum atomic E-state index is 13.3. The Balaban J connectivity index is 1.69. The van der Waals surface area contributed by atoms with Crippen LogP contribution in [0, 0.1) is 23.6 Å². The molecule has 1 aromatic rings. The molecule has 3 unspecified atom stereocenters. The molecule has 0 heterocycles. The highest BCUT2D eigenvalue weighted by Crippen LogP contribution is 2.49. The molecule has 0 saturated heterocycles. The minimum Gasteiger partial charge on any atom is -0.396 e. The minimum absolute atomic E-state index is 0.0615. The molecule has 2 aliphatic rings. The lowest BCUT2D eigenvalue weighted by atomic mass is 9.84. The number of carbonyl (C=O) groups excluding carboxylic acids is 1. The summed E-state index contributed by atoms with van der Waals surface area (Å²) in [6.07, 6.45) is 5.68. The van der Waals surface area contributed by atoms with Gasteiger partial charge in [-0.05, 0) is 55.2 Å². The van der Waals surface area contributed by atoms with Crippen LogP contribution in [0.25, 0.3) is 0 Å². The molecular weight excluding hydrogens is 229 g/mol. The fourth-order valence-corrected chi connectivity index (χ4v) is 3.68. The first-order valence-corrected chi connectivity index (χ1v) is 6.71. The van der Waals surface area contributed by atoms with Gasteiger partial charge in [-0.3, -0.25) is 4.79 Å². The summed E-state index contributed by atoms with van der Waals surface area (Å²) in [6, 6.07) is 4.38. The highest BCUT2D eigenvalue weighted by atomic mass is 19.1. The normalized spacial score (nSPS) is 29.7. The van der Waals surface area contributed by atoms with Crippen LogP contribution in [-0.2, 0) is 0 Å². The van der Waals surface area contributed by atoms with E-state index in [2.05, 4.69) is 0 Å². The number of ketones is 1. The first kappa shape index (κ1) is 11.7. The third kappa shape index (κ3) is 2.02. The first-order chi connectivity index (χ1) is 8.63. The Hall–Kier alpha value is -1.38. The van der Waals surface area contributed by atoms with E-state index in [0.29, 0.717) is 17.9 Å². The lowest BCUT2D eigenvalue weighted by Crippen LogP contribution is -2.15. The molecule has 3 rings (SSSR count). The average molecular weight is 247 g/mol. The van der Waals surface area contributed by atoms with Crippen LogP contribution in [0.4, 0.5) is 10.1 Å². The number of rotatable bonds is 3. The van der Waals surface area contributed by atoms with Crippen molar-refractivity contribution in [2.75, 3.05) is 5.73 Å². The van der Waals surface area contributed by atoms with Crippen molar-refractivity contribution in [1.29, 1.82) is 0 Å². The molecule has 2 fully saturated rings. The zero-order valence-corrected chi connectivity index (χ0v) is 10.4. The van der Waals surface area contributed by atoms with Gasteiger partial charge >= 0.3 is 0 Å². The van der Waals surface area contributed by atoms with E-state index < -0.39 is 5.82 Å². The Morgan fingerprint density at radius 1 is 1.33 bits per heavy atom. The van der Waals surface area contributed by atoms with E-state index in [1.54, 1.807) is 6.07 Å². The van der Waals surface area contributed by atoms with Crippen LogP contribution in [0.15, 0.2) is 18.2 Å². The zero-order valence-electron chi connectivity index (χ0n) is 10.4. The number of fused-ring (bicyclic) bond motifs is 2.